The minimum absolute atomic E-state index is 0.272. The lowest BCUT2D eigenvalue weighted by atomic mass is 9.89. The van der Waals surface area contributed by atoms with E-state index in [0.29, 0.717) is 0 Å². The largest absolute Gasteiger partial charge is 0.409 e. The Bertz CT molecular complexity index is 390. The molecule has 0 radical (unpaired) electrons. The van der Waals surface area contributed by atoms with Gasteiger partial charge in [-0.2, -0.15) is 0 Å². The molecule has 0 saturated carbocycles. The summed E-state index contributed by atoms with van der Waals surface area (Å²) in [6.45, 7) is 3.93. The van der Waals surface area contributed by atoms with E-state index in [1.807, 2.05) is 38.1 Å². The molecule has 0 heterocycles. The van der Waals surface area contributed by atoms with Crippen molar-refractivity contribution in [3.05, 3.63) is 29.3 Å². The summed E-state index contributed by atoms with van der Waals surface area (Å²) in [6, 6.07) is 7.73. The van der Waals surface area contributed by atoms with Gasteiger partial charge in [-0.3, -0.25) is 0 Å². The molecule has 0 saturated heterocycles. The van der Waals surface area contributed by atoms with E-state index in [2.05, 4.69) is 5.16 Å². The highest BCUT2D eigenvalue weighted by Gasteiger charge is 2.22. The predicted molar refractivity (Wildman–Crippen MR) is 74.0 cm³/mol. The lowest BCUT2D eigenvalue weighted by molar-refractivity contribution is 0.307. The van der Waals surface area contributed by atoms with Crippen LogP contribution in [0.3, 0.4) is 0 Å². The van der Waals surface area contributed by atoms with Gasteiger partial charge in [-0.15, -0.1) is 11.8 Å². The van der Waals surface area contributed by atoms with Crippen LogP contribution >= 0.6 is 23.4 Å². The first-order valence-corrected chi connectivity index (χ1v) is 6.68. The molecule has 1 aromatic carbocycles. The number of benzene rings is 1. The topological polar surface area (TPSA) is 58.6 Å². The molecular weight excluding hydrogens is 256 g/mol. The van der Waals surface area contributed by atoms with Crippen LogP contribution in [0.5, 0.6) is 0 Å². The van der Waals surface area contributed by atoms with E-state index in [4.69, 9.17) is 22.5 Å². The monoisotopic (exact) mass is 272 g/mol. The van der Waals surface area contributed by atoms with Gasteiger partial charge in [0.15, 0.2) is 0 Å². The average Bonchev–Trinajstić information content (AvgIpc) is 2.30. The molecule has 0 spiro atoms. The molecule has 17 heavy (non-hydrogen) atoms. The van der Waals surface area contributed by atoms with Gasteiger partial charge in [-0.05, 0) is 36.4 Å². The summed E-state index contributed by atoms with van der Waals surface area (Å²) in [7, 11) is 0. The van der Waals surface area contributed by atoms with Gasteiger partial charge in [0.2, 0.25) is 0 Å². The van der Waals surface area contributed by atoms with Crippen LogP contribution in [-0.2, 0) is 0 Å². The predicted octanol–water partition coefficient (Wildman–Crippen LogP) is 3.59. The maximum atomic E-state index is 8.66. The highest BCUT2D eigenvalue weighted by Crippen LogP contribution is 2.27. The highest BCUT2D eigenvalue weighted by atomic mass is 35.5. The van der Waals surface area contributed by atoms with Crippen molar-refractivity contribution in [1.29, 1.82) is 0 Å². The number of hydrogen-bond acceptors (Lipinski definition) is 3. The summed E-state index contributed by atoms with van der Waals surface area (Å²) in [5.74, 6) is 1.18. The molecule has 3 N–H and O–H groups in total. The highest BCUT2D eigenvalue weighted by molar-refractivity contribution is 7.99. The number of thioether (sulfide) groups is 1. The third-order valence-electron chi connectivity index (χ3n) is 2.61. The van der Waals surface area contributed by atoms with Crippen molar-refractivity contribution in [3.63, 3.8) is 0 Å². The molecule has 3 nitrogen and oxygen atoms in total. The van der Waals surface area contributed by atoms with Crippen LogP contribution in [0.15, 0.2) is 34.3 Å². The van der Waals surface area contributed by atoms with Gasteiger partial charge in [-0.1, -0.05) is 30.6 Å². The van der Waals surface area contributed by atoms with Crippen LogP contribution in [0, 0.1) is 5.41 Å². The molecule has 0 aliphatic carbocycles. The summed E-state index contributed by atoms with van der Waals surface area (Å²) in [6.07, 6.45) is 0.843. The standard InChI is InChI=1S/C12H17ClN2OS/c1-12(2,11(14)15-16)7-8-17-10-5-3-9(13)4-6-10/h3-6,16H,7-8H2,1-2H3,(H2,14,15). The van der Waals surface area contributed by atoms with Gasteiger partial charge in [0.25, 0.3) is 0 Å². The maximum Gasteiger partial charge on any atom is 0.144 e. The zero-order valence-electron chi connectivity index (χ0n) is 9.98. The second-order valence-corrected chi connectivity index (χ2v) is 6.03. The van der Waals surface area contributed by atoms with Crippen LogP contribution in [0.2, 0.25) is 5.02 Å². The first-order chi connectivity index (χ1) is 7.95. The molecule has 0 unspecified atom stereocenters. The molecule has 0 aromatic heterocycles. The first kappa shape index (κ1) is 14.2. The van der Waals surface area contributed by atoms with Gasteiger partial charge in [-0.25, -0.2) is 0 Å². The number of amidine groups is 1. The molecule has 1 aromatic rings. The normalized spacial score (nSPS) is 12.8. The van der Waals surface area contributed by atoms with Crippen molar-refractivity contribution >= 4 is 29.2 Å². The summed E-state index contributed by atoms with van der Waals surface area (Å²) < 4.78 is 0. The van der Waals surface area contributed by atoms with E-state index in [9.17, 15) is 0 Å². The number of nitrogens with zero attached hydrogens (tertiary/aromatic N) is 1. The lowest BCUT2D eigenvalue weighted by Gasteiger charge is -2.22. The van der Waals surface area contributed by atoms with E-state index in [1.165, 1.54) is 4.90 Å². The second-order valence-electron chi connectivity index (χ2n) is 4.42. The second kappa shape index (κ2) is 6.17. The van der Waals surface area contributed by atoms with Crippen molar-refractivity contribution in [1.82, 2.24) is 0 Å². The fourth-order valence-corrected chi connectivity index (χ4v) is 2.52. The number of nitrogens with two attached hydrogens (primary N) is 1. The molecule has 94 valence electrons. The third kappa shape index (κ3) is 4.48. The molecule has 0 fully saturated rings. The zero-order valence-corrected chi connectivity index (χ0v) is 11.6. The summed E-state index contributed by atoms with van der Waals surface area (Å²) in [5, 5.41) is 12.5. The number of oxime groups is 1. The zero-order chi connectivity index (χ0) is 12.9. The van der Waals surface area contributed by atoms with Crippen molar-refractivity contribution in [2.75, 3.05) is 5.75 Å². The van der Waals surface area contributed by atoms with Gasteiger partial charge in [0, 0.05) is 15.3 Å². The van der Waals surface area contributed by atoms with Crippen molar-refractivity contribution in [3.8, 4) is 0 Å². The van der Waals surface area contributed by atoms with Crippen molar-refractivity contribution in [2.45, 2.75) is 25.2 Å². The van der Waals surface area contributed by atoms with E-state index in [-0.39, 0.29) is 11.3 Å². The van der Waals surface area contributed by atoms with E-state index in [0.717, 1.165) is 17.2 Å². The van der Waals surface area contributed by atoms with Gasteiger partial charge in [0.1, 0.15) is 5.84 Å². The number of halogens is 1. The van der Waals surface area contributed by atoms with Crippen LogP contribution in [0.25, 0.3) is 0 Å². The maximum absolute atomic E-state index is 8.66. The lowest BCUT2D eigenvalue weighted by Crippen LogP contribution is -2.32. The molecular formula is C12H17ClN2OS. The fraction of sp³-hybridized carbons (Fsp3) is 0.417. The third-order valence-corrected chi connectivity index (χ3v) is 3.88. The Labute approximate surface area is 111 Å². The van der Waals surface area contributed by atoms with Gasteiger partial charge >= 0.3 is 0 Å². The molecule has 0 aliphatic heterocycles. The Morgan fingerprint density at radius 3 is 2.53 bits per heavy atom. The Balaban J connectivity index is 2.45. The van der Waals surface area contributed by atoms with Gasteiger partial charge < -0.3 is 10.9 Å². The summed E-state index contributed by atoms with van der Waals surface area (Å²) in [4.78, 5) is 1.17. The molecule has 0 aliphatic rings. The molecule has 0 bridgehead atoms. The summed E-state index contributed by atoms with van der Waals surface area (Å²) >= 11 is 7.54. The van der Waals surface area contributed by atoms with Crippen LogP contribution in [0.1, 0.15) is 20.3 Å². The van der Waals surface area contributed by atoms with Crippen molar-refractivity contribution < 1.29 is 5.21 Å². The smallest absolute Gasteiger partial charge is 0.144 e. The average molecular weight is 273 g/mol. The van der Waals surface area contributed by atoms with E-state index >= 15 is 0 Å². The number of hydrogen-bond donors (Lipinski definition) is 2. The first-order valence-electron chi connectivity index (χ1n) is 5.32. The molecule has 0 atom stereocenters. The number of rotatable bonds is 5. The minimum Gasteiger partial charge on any atom is -0.409 e. The van der Waals surface area contributed by atoms with Crippen LogP contribution in [-0.4, -0.2) is 16.8 Å². The molecule has 0 amide bonds. The Hall–Kier alpha value is -0.870. The van der Waals surface area contributed by atoms with Gasteiger partial charge in [0.05, 0.1) is 0 Å². The molecule has 1 rings (SSSR count). The van der Waals surface area contributed by atoms with Crippen molar-refractivity contribution in [2.24, 2.45) is 16.3 Å². The fourth-order valence-electron chi connectivity index (χ4n) is 1.22. The SMILES string of the molecule is CC(C)(CCSc1ccc(Cl)cc1)C(N)=NO. The summed E-state index contributed by atoms with van der Waals surface area (Å²) in [5.41, 5.74) is 5.34. The Morgan fingerprint density at radius 2 is 2.00 bits per heavy atom. The van der Waals surface area contributed by atoms with Crippen LogP contribution < -0.4 is 5.73 Å². The molecule has 5 heteroatoms. The Morgan fingerprint density at radius 1 is 1.41 bits per heavy atom. The Kier molecular flexibility index (Phi) is 5.15. The van der Waals surface area contributed by atoms with Crippen LogP contribution in [0.4, 0.5) is 0 Å². The quantitative estimate of drug-likeness (QED) is 0.283. The van der Waals surface area contributed by atoms with E-state index in [1.54, 1.807) is 11.8 Å². The minimum atomic E-state index is -0.284. The van der Waals surface area contributed by atoms with E-state index < -0.39 is 0 Å².